The largest absolute Gasteiger partial charge is 0.447 e. The Morgan fingerprint density at radius 3 is 3.19 bits per heavy atom. The van der Waals surface area contributed by atoms with E-state index in [9.17, 15) is 4.79 Å². The van der Waals surface area contributed by atoms with Crippen molar-refractivity contribution in [3.63, 3.8) is 0 Å². The van der Waals surface area contributed by atoms with Crippen LogP contribution >= 0.6 is 0 Å². The first kappa shape index (κ1) is 7.31. The number of fused-ring (bicyclic) bond motifs is 1. The maximum absolute atomic E-state index is 11.5. The molecule has 1 aromatic carbocycles. The molecule has 1 aliphatic rings. The lowest BCUT2D eigenvalue weighted by Crippen LogP contribution is -2.28. The highest BCUT2D eigenvalue weighted by Crippen LogP contribution is 2.21. The Balaban J connectivity index is 2.20. The molecule has 1 fully saturated rings. The molecule has 0 radical (unpaired) electrons. The zero-order chi connectivity index (χ0) is 21.9. The average molecular weight is 295 g/mol. The first-order chi connectivity index (χ1) is 13.2. The lowest BCUT2D eigenvalue weighted by atomic mass is 10.0. The van der Waals surface area contributed by atoms with Crippen molar-refractivity contribution in [2.75, 3.05) is 27.2 Å². The minimum absolute atomic E-state index is 0.0552. The number of alkyl carbamates (subject to hydrolysis) is 1. The van der Waals surface area contributed by atoms with Crippen LogP contribution in [0.25, 0.3) is 10.9 Å². The molecule has 2 heterocycles. The SMILES string of the molecule is [2H]c1c(C([2H])([2H])CN(C)C)c2cc(C([2H])([2H])[C@@]3([2H])COC(=O)N3[2H])ccc2n1[2H]. The van der Waals surface area contributed by atoms with Crippen LogP contribution < -0.4 is 5.31 Å². The molecule has 1 saturated heterocycles. The Morgan fingerprint density at radius 1 is 1.62 bits per heavy atom. The molecule has 0 spiro atoms. The first-order valence-corrected chi connectivity index (χ1v) is 6.50. The summed E-state index contributed by atoms with van der Waals surface area (Å²) >= 11 is 0. The molecule has 0 saturated carbocycles. The minimum Gasteiger partial charge on any atom is -0.447 e. The summed E-state index contributed by atoms with van der Waals surface area (Å²) in [5.41, 5.74) is 0.0742. The van der Waals surface area contributed by atoms with Gasteiger partial charge >= 0.3 is 6.09 Å². The van der Waals surface area contributed by atoms with Gasteiger partial charge in [-0.25, -0.2) is 4.79 Å². The maximum atomic E-state index is 11.5. The van der Waals surface area contributed by atoms with Crippen LogP contribution in [0.15, 0.2) is 24.4 Å². The number of benzene rings is 1. The molecule has 21 heavy (non-hydrogen) atoms. The van der Waals surface area contributed by atoms with Gasteiger partial charge in [0.15, 0.2) is 2.82 Å². The van der Waals surface area contributed by atoms with Crippen molar-refractivity contribution in [1.29, 1.82) is 0 Å². The molecular weight excluding hydrogens is 266 g/mol. The lowest BCUT2D eigenvalue weighted by Gasteiger charge is -2.09. The molecule has 2 N–H and O–H groups in total. The number of H-pyrrole nitrogens is 1. The number of likely N-dealkylation sites (N-methyl/N-ethyl adjacent to an activating group) is 1. The van der Waals surface area contributed by atoms with Gasteiger partial charge in [0.05, 0.1) is 8.76 Å². The number of aromatic nitrogens is 1. The van der Waals surface area contributed by atoms with E-state index in [-0.39, 0.29) is 40.1 Å². The second kappa shape index (κ2) is 5.77. The minimum atomic E-state index is -2.53. The predicted octanol–water partition coefficient (Wildman–Crippen LogP) is 1.92. The van der Waals surface area contributed by atoms with Crippen LogP contribution in [-0.4, -0.2) is 49.2 Å². The van der Waals surface area contributed by atoms with Gasteiger partial charge in [-0.3, -0.25) is 0 Å². The number of nitrogens with zero attached hydrogens (tertiary/aromatic N) is 1. The number of carbonyl (C=O) groups is 1. The highest BCUT2D eigenvalue weighted by Gasteiger charge is 2.22. The van der Waals surface area contributed by atoms with Crippen molar-refractivity contribution < 1.29 is 20.6 Å². The Morgan fingerprint density at radius 2 is 2.48 bits per heavy atom. The highest BCUT2D eigenvalue weighted by atomic mass is 16.6. The summed E-state index contributed by atoms with van der Waals surface area (Å²) in [6.45, 7) is -0.696. The smallest absolute Gasteiger partial charge is 0.407 e. The van der Waals surface area contributed by atoms with Crippen molar-refractivity contribution >= 4 is 17.0 Å². The number of rotatable bonds is 5. The number of hydrogen-bond acceptors (Lipinski definition) is 3. The van der Waals surface area contributed by atoms with E-state index in [1.807, 2.05) is 0 Å². The van der Waals surface area contributed by atoms with Gasteiger partial charge in [0.2, 0.25) is 0 Å². The molecule has 0 unspecified atom stereocenters. The summed E-state index contributed by atoms with van der Waals surface area (Å²) in [5.74, 6) is 0. The quantitative estimate of drug-likeness (QED) is 0.886. The van der Waals surface area contributed by atoms with Gasteiger partial charge in [0.1, 0.15) is 6.61 Å². The zero-order valence-electron chi connectivity index (χ0n) is 19.8. The van der Waals surface area contributed by atoms with Gasteiger partial charge in [-0.2, -0.15) is 0 Å². The fourth-order valence-electron chi connectivity index (χ4n) is 2.00. The summed E-state index contributed by atoms with van der Waals surface area (Å²) in [4.78, 5) is 13.9. The topological polar surface area (TPSA) is 57.4 Å². The Hall–Kier alpha value is -2.01. The summed E-state index contributed by atoms with van der Waals surface area (Å²) in [7, 11) is 3.35. The molecule has 0 aliphatic carbocycles. The molecule has 1 aromatic heterocycles. The van der Waals surface area contributed by atoms with Gasteiger partial charge in [-0.15, -0.1) is 0 Å². The van der Waals surface area contributed by atoms with Gasteiger partial charge < -0.3 is 19.9 Å². The van der Waals surface area contributed by atoms with Crippen LogP contribution in [0.5, 0.6) is 0 Å². The molecule has 112 valence electrons. The predicted molar refractivity (Wildman–Crippen MR) is 82.5 cm³/mol. The fraction of sp³-hybridized carbons (Fsp3) is 0.438. The summed E-state index contributed by atoms with van der Waals surface area (Å²) < 4.78 is 70.7. The Labute approximate surface area is 135 Å². The number of cyclic esters (lactones) is 1. The first-order valence-electron chi connectivity index (χ1n) is 10.4. The van der Waals surface area contributed by atoms with Crippen LogP contribution in [0.1, 0.15) is 19.4 Å². The molecule has 1 atom stereocenters. The molecule has 5 nitrogen and oxygen atoms in total. The normalized spacial score (nSPS) is 29.1. The fourth-order valence-corrected chi connectivity index (χ4v) is 2.00. The third-order valence-corrected chi connectivity index (χ3v) is 2.97. The standard InChI is InChI=1S/C16H21N3O2/c1-19(2)6-5-12-9-17-15-4-3-11(8-14(12)15)7-13-10-21-16(20)18-13/h3-4,8-9,13,17H,5-7,10H2,1-2H3,(H,18,20)/t13-/m0/s1/i5D2,7D2,9D,13D/hD2. The average Bonchev–Trinajstić information content (AvgIpc) is 3.03. The van der Waals surface area contributed by atoms with E-state index in [0.717, 1.165) is 4.98 Å². The van der Waals surface area contributed by atoms with Crippen molar-refractivity contribution in [3.05, 3.63) is 35.5 Å². The van der Waals surface area contributed by atoms with Gasteiger partial charge in [0, 0.05) is 29.1 Å². The van der Waals surface area contributed by atoms with E-state index >= 15 is 0 Å². The lowest BCUT2D eigenvalue weighted by molar-refractivity contribution is 0.177. The van der Waals surface area contributed by atoms with Gasteiger partial charge in [-0.05, 0) is 50.1 Å². The monoisotopic (exact) mass is 295 g/mol. The Kier molecular flexibility index (Phi) is 2.01. The molecular formula is C16H21N3O2. The third kappa shape index (κ3) is 3.19. The summed E-state index contributed by atoms with van der Waals surface area (Å²) in [6, 6.07) is 1.63. The third-order valence-electron chi connectivity index (χ3n) is 2.97. The van der Waals surface area contributed by atoms with E-state index in [4.69, 9.17) is 11.0 Å². The van der Waals surface area contributed by atoms with Crippen LogP contribution in [0.4, 0.5) is 4.79 Å². The Bertz CT molecular complexity index is 977. The number of ether oxygens (including phenoxy) is 1. The van der Waals surface area contributed by atoms with E-state index in [1.165, 1.54) is 18.2 Å². The number of amides is 1. The number of carbonyl (C=O) groups excluding carboxylic acids is 1. The van der Waals surface area contributed by atoms with E-state index in [2.05, 4.69) is 4.74 Å². The molecule has 2 aromatic rings. The number of nitrogens with one attached hydrogen (secondary N) is 2. The van der Waals surface area contributed by atoms with Crippen LogP contribution in [0, 0.1) is 0 Å². The highest BCUT2D eigenvalue weighted by molar-refractivity contribution is 5.84. The van der Waals surface area contributed by atoms with Crippen LogP contribution in [0.3, 0.4) is 0 Å². The molecule has 5 heteroatoms. The van der Waals surface area contributed by atoms with Crippen LogP contribution in [0.2, 0.25) is 2.82 Å². The van der Waals surface area contributed by atoms with E-state index in [0.29, 0.717) is 0 Å². The molecule has 1 amide bonds. The van der Waals surface area contributed by atoms with Crippen molar-refractivity contribution in [3.8, 4) is 0 Å². The maximum Gasteiger partial charge on any atom is 0.407 e. The molecule has 3 rings (SSSR count). The van der Waals surface area contributed by atoms with Crippen LogP contribution in [-0.2, 0) is 17.5 Å². The van der Waals surface area contributed by atoms with Gasteiger partial charge in [0.25, 0.3) is 0 Å². The summed E-state index contributed by atoms with van der Waals surface area (Å²) in [5, 5.41) is 0.318. The van der Waals surface area contributed by atoms with Crippen molar-refractivity contribution in [2.24, 2.45) is 0 Å². The zero-order valence-corrected chi connectivity index (χ0v) is 11.8. The molecule has 1 aliphatic heterocycles. The number of hydrogen-bond donors (Lipinski definition) is 2. The molecule has 0 bridgehead atoms. The van der Waals surface area contributed by atoms with Gasteiger partial charge in [-0.1, -0.05) is 6.07 Å². The van der Waals surface area contributed by atoms with E-state index in [1.54, 1.807) is 19.0 Å². The van der Waals surface area contributed by atoms with E-state index < -0.39 is 31.5 Å². The second-order valence-electron chi connectivity index (χ2n) is 4.98. The number of aromatic amines is 1. The van der Waals surface area contributed by atoms with Crippen molar-refractivity contribution in [2.45, 2.75) is 18.8 Å². The second-order valence-corrected chi connectivity index (χ2v) is 4.98. The summed E-state index contributed by atoms with van der Waals surface area (Å²) in [6.07, 6.45) is -6.01. The van der Waals surface area contributed by atoms with Crippen molar-refractivity contribution in [1.82, 2.24) is 15.2 Å².